The second-order valence-corrected chi connectivity index (χ2v) is 6.89. The fraction of sp³-hybridized carbons (Fsp3) is 0.435. The first kappa shape index (κ1) is 24.1. The third-order valence-electron chi connectivity index (χ3n) is 4.96. The SMILES string of the molecule is CCOc1cc(CCCNC(=NC)NC2CCOc3ccccc32)ccc1OC.I. The molecule has 0 fully saturated rings. The van der Waals surface area contributed by atoms with Crippen molar-refractivity contribution in [3.05, 3.63) is 53.6 Å². The summed E-state index contributed by atoms with van der Waals surface area (Å²) in [6.07, 6.45) is 2.86. The van der Waals surface area contributed by atoms with E-state index in [9.17, 15) is 0 Å². The number of ether oxygens (including phenoxy) is 3. The van der Waals surface area contributed by atoms with Gasteiger partial charge >= 0.3 is 0 Å². The van der Waals surface area contributed by atoms with Crippen LogP contribution in [-0.4, -0.2) is 39.9 Å². The second kappa shape index (κ2) is 12.5. The summed E-state index contributed by atoms with van der Waals surface area (Å²) < 4.78 is 16.8. The number of aliphatic imine (C=N–C) groups is 1. The van der Waals surface area contributed by atoms with Gasteiger partial charge < -0.3 is 24.8 Å². The zero-order valence-corrected chi connectivity index (χ0v) is 20.3. The fourth-order valence-corrected chi connectivity index (χ4v) is 3.50. The van der Waals surface area contributed by atoms with Gasteiger partial charge in [-0.1, -0.05) is 24.3 Å². The van der Waals surface area contributed by atoms with Crippen LogP contribution in [0.4, 0.5) is 0 Å². The van der Waals surface area contributed by atoms with Gasteiger partial charge in [0.2, 0.25) is 0 Å². The molecule has 0 amide bonds. The average Bonchev–Trinajstić information content (AvgIpc) is 2.76. The Morgan fingerprint density at radius 3 is 2.80 bits per heavy atom. The van der Waals surface area contributed by atoms with Crippen molar-refractivity contribution in [3.8, 4) is 17.2 Å². The van der Waals surface area contributed by atoms with Gasteiger partial charge in [0.05, 0.1) is 26.4 Å². The third-order valence-corrected chi connectivity index (χ3v) is 4.96. The minimum Gasteiger partial charge on any atom is -0.493 e. The summed E-state index contributed by atoms with van der Waals surface area (Å²) in [6.45, 7) is 4.15. The zero-order chi connectivity index (χ0) is 20.5. The predicted molar refractivity (Wildman–Crippen MR) is 132 cm³/mol. The number of hydrogen-bond donors (Lipinski definition) is 2. The molecule has 0 radical (unpaired) electrons. The first-order valence-corrected chi connectivity index (χ1v) is 10.2. The topological polar surface area (TPSA) is 64.1 Å². The molecule has 1 aliphatic rings. The van der Waals surface area contributed by atoms with Gasteiger partial charge in [-0.05, 0) is 43.5 Å². The van der Waals surface area contributed by atoms with Gasteiger partial charge in [0.25, 0.3) is 0 Å². The molecule has 1 aliphatic heterocycles. The lowest BCUT2D eigenvalue weighted by molar-refractivity contribution is 0.261. The van der Waals surface area contributed by atoms with Crippen LogP contribution in [-0.2, 0) is 6.42 Å². The molecule has 0 spiro atoms. The van der Waals surface area contributed by atoms with Crippen molar-refractivity contribution < 1.29 is 14.2 Å². The lowest BCUT2D eigenvalue weighted by Gasteiger charge is -2.28. The highest BCUT2D eigenvalue weighted by atomic mass is 127. The van der Waals surface area contributed by atoms with E-state index in [1.54, 1.807) is 14.2 Å². The first-order valence-electron chi connectivity index (χ1n) is 10.2. The van der Waals surface area contributed by atoms with Gasteiger partial charge in [0, 0.05) is 25.6 Å². The number of methoxy groups -OCH3 is 1. The lowest BCUT2D eigenvalue weighted by atomic mass is 10.0. The number of rotatable bonds is 8. The molecule has 2 aromatic rings. The molecule has 3 rings (SSSR count). The Bertz CT molecular complexity index is 829. The number of fused-ring (bicyclic) bond motifs is 1. The second-order valence-electron chi connectivity index (χ2n) is 6.89. The van der Waals surface area contributed by atoms with Crippen molar-refractivity contribution in [1.82, 2.24) is 10.6 Å². The van der Waals surface area contributed by atoms with Crippen molar-refractivity contribution in [2.75, 3.05) is 33.9 Å². The number of halogens is 1. The van der Waals surface area contributed by atoms with E-state index in [2.05, 4.69) is 33.8 Å². The van der Waals surface area contributed by atoms with Crippen molar-refractivity contribution in [2.24, 2.45) is 4.99 Å². The molecule has 1 heterocycles. The smallest absolute Gasteiger partial charge is 0.191 e. The van der Waals surface area contributed by atoms with Crippen LogP contribution in [0.25, 0.3) is 0 Å². The Kier molecular flexibility index (Phi) is 10.1. The average molecular weight is 525 g/mol. The maximum atomic E-state index is 5.74. The Hall–Kier alpha value is -2.16. The summed E-state index contributed by atoms with van der Waals surface area (Å²) in [5, 5.41) is 6.95. The molecule has 1 unspecified atom stereocenters. The Morgan fingerprint density at radius 2 is 2.03 bits per heavy atom. The van der Waals surface area contributed by atoms with Gasteiger partial charge in [-0.15, -0.1) is 24.0 Å². The number of guanidine groups is 1. The largest absolute Gasteiger partial charge is 0.493 e. The van der Waals surface area contributed by atoms with Gasteiger partial charge in [-0.3, -0.25) is 4.99 Å². The highest BCUT2D eigenvalue weighted by molar-refractivity contribution is 14.0. The van der Waals surface area contributed by atoms with Crippen LogP contribution >= 0.6 is 24.0 Å². The van der Waals surface area contributed by atoms with E-state index < -0.39 is 0 Å². The van der Waals surface area contributed by atoms with Crippen LogP contribution in [0.1, 0.15) is 36.9 Å². The number of para-hydroxylation sites is 1. The van der Waals surface area contributed by atoms with Gasteiger partial charge in [0.1, 0.15) is 5.75 Å². The molecule has 0 saturated heterocycles. The van der Waals surface area contributed by atoms with Crippen LogP contribution in [0, 0.1) is 0 Å². The fourth-order valence-electron chi connectivity index (χ4n) is 3.50. The van der Waals surface area contributed by atoms with Gasteiger partial charge in [-0.25, -0.2) is 0 Å². The molecule has 0 aromatic heterocycles. The predicted octanol–water partition coefficient (Wildman–Crippen LogP) is 4.33. The molecule has 7 heteroatoms. The molecule has 1 atom stereocenters. The quantitative estimate of drug-likeness (QED) is 0.233. The Morgan fingerprint density at radius 1 is 1.20 bits per heavy atom. The monoisotopic (exact) mass is 525 g/mol. The summed E-state index contributed by atoms with van der Waals surface area (Å²) >= 11 is 0. The van der Waals surface area contributed by atoms with Gasteiger partial charge in [-0.2, -0.15) is 0 Å². The highest BCUT2D eigenvalue weighted by Gasteiger charge is 2.21. The molecular weight excluding hydrogens is 493 g/mol. The first-order chi connectivity index (χ1) is 14.2. The number of benzene rings is 2. The third kappa shape index (κ3) is 6.42. The number of nitrogens with one attached hydrogen (secondary N) is 2. The molecule has 6 nitrogen and oxygen atoms in total. The maximum absolute atomic E-state index is 5.74. The minimum atomic E-state index is 0. The van der Waals surface area contributed by atoms with E-state index in [1.165, 1.54) is 11.1 Å². The molecule has 0 aliphatic carbocycles. The summed E-state index contributed by atoms with van der Waals surface area (Å²) in [7, 11) is 3.47. The minimum absolute atomic E-state index is 0. The molecule has 30 heavy (non-hydrogen) atoms. The Labute approximate surface area is 196 Å². The molecule has 2 N–H and O–H groups in total. The lowest BCUT2D eigenvalue weighted by Crippen LogP contribution is -2.41. The van der Waals surface area contributed by atoms with E-state index in [0.29, 0.717) is 13.2 Å². The van der Waals surface area contributed by atoms with Crippen LogP contribution in [0.2, 0.25) is 0 Å². The number of aryl methyl sites for hydroxylation is 1. The van der Waals surface area contributed by atoms with E-state index in [4.69, 9.17) is 14.2 Å². The standard InChI is InChI=1S/C23H31N3O3.HI/c1-4-28-22-16-17(11-12-21(22)27-3)8-7-14-25-23(24-2)26-19-13-15-29-20-10-6-5-9-18(19)20;/h5-6,9-12,16,19H,4,7-8,13-15H2,1-3H3,(H2,24,25,26);1H. The number of nitrogens with zero attached hydrogens (tertiary/aromatic N) is 1. The molecule has 0 saturated carbocycles. The highest BCUT2D eigenvalue weighted by Crippen LogP contribution is 2.31. The summed E-state index contributed by atoms with van der Waals surface area (Å²) in [5.74, 6) is 3.35. The van der Waals surface area contributed by atoms with Gasteiger partial charge in [0.15, 0.2) is 17.5 Å². The molecule has 2 aromatic carbocycles. The summed E-state index contributed by atoms with van der Waals surface area (Å²) in [5.41, 5.74) is 2.42. The maximum Gasteiger partial charge on any atom is 0.191 e. The van der Waals surface area contributed by atoms with Crippen LogP contribution in [0.3, 0.4) is 0 Å². The van der Waals surface area contributed by atoms with Crippen molar-refractivity contribution >= 4 is 29.9 Å². The summed E-state index contributed by atoms with van der Waals surface area (Å²) in [4.78, 5) is 4.38. The van der Waals surface area contributed by atoms with E-state index in [-0.39, 0.29) is 30.0 Å². The molecular formula is C23H32IN3O3. The molecule has 0 bridgehead atoms. The summed E-state index contributed by atoms with van der Waals surface area (Å²) in [6, 6.07) is 14.5. The van der Waals surface area contributed by atoms with Crippen molar-refractivity contribution in [1.29, 1.82) is 0 Å². The van der Waals surface area contributed by atoms with Crippen LogP contribution < -0.4 is 24.8 Å². The van der Waals surface area contributed by atoms with Crippen LogP contribution in [0.5, 0.6) is 17.2 Å². The Balaban J connectivity index is 0.00000320. The van der Waals surface area contributed by atoms with E-state index in [0.717, 1.165) is 49.0 Å². The normalized spacial score (nSPS) is 15.3. The number of hydrogen-bond acceptors (Lipinski definition) is 4. The van der Waals surface area contributed by atoms with E-state index >= 15 is 0 Å². The van der Waals surface area contributed by atoms with E-state index in [1.807, 2.05) is 31.2 Å². The van der Waals surface area contributed by atoms with Crippen LogP contribution in [0.15, 0.2) is 47.5 Å². The molecule has 164 valence electrons. The zero-order valence-electron chi connectivity index (χ0n) is 17.9. The van der Waals surface area contributed by atoms with Crippen molar-refractivity contribution in [2.45, 2.75) is 32.2 Å². The van der Waals surface area contributed by atoms with Crippen molar-refractivity contribution in [3.63, 3.8) is 0 Å².